The summed E-state index contributed by atoms with van der Waals surface area (Å²) in [5.41, 5.74) is 1.89. The highest BCUT2D eigenvalue weighted by molar-refractivity contribution is 7.17. The van der Waals surface area contributed by atoms with Crippen molar-refractivity contribution in [3.05, 3.63) is 58.7 Å². The second-order valence-electron chi connectivity index (χ2n) is 5.62. The number of carbonyl (C=O) groups is 1. The molecule has 0 aliphatic carbocycles. The molecule has 0 fully saturated rings. The number of aromatic nitrogens is 3. The van der Waals surface area contributed by atoms with Gasteiger partial charge in [-0.25, -0.2) is 4.39 Å². The van der Waals surface area contributed by atoms with Crippen molar-refractivity contribution >= 4 is 17.2 Å². The lowest BCUT2D eigenvalue weighted by Gasteiger charge is -2.11. The number of amides is 1. The zero-order valence-electron chi connectivity index (χ0n) is 13.6. The molecule has 5 nitrogen and oxygen atoms in total. The van der Waals surface area contributed by atoms with Gasteiger partial charge in [-0.15, -0.1) is 21.5 Å². The summed E-state index contributed by atoms with van der Waals surface area (Å²) in [4.78, 5) is 14.1. The van der Waals surface area contributed by atoms with E-state index in [2.05, 4.69) is 15.5 Å². The van der Waals surface area contributed by atoms with Crippen LogP contribution >= 0.6 is 11.3 Å². The zero-order chi connectivity index (χ0) is 17.3. The van der Waals surface area contributed by atoms with E-state index in [-0.39, 0.29) is 17.8 Å². The number of nitrogens with zero attached hydrogens (tertiary/aromatic N) is 3. The lowest BCUT2D eigenvalue weighted by Crippen LogP contribution is -2.27. The summed E-state index contributed by atoms with van der Waals surface area (Å²) in [5.74, 6) is 0.255. The van der Waals surface area contributed by atoms with Crippen molar-refractivity contribution in [2.24, 2.45) is 7.05 Å². The average Bonchev–Trinajstić information content (AvgIpc) is 3.14. The fourth-order valence-corrected chi connectivity index (χ4v) is 3.58. The number of rotatable bonds is 4. The highest BCUT2D eigenvalue weighted by Gasteiger charge is 2.18. The van der Waals surface area contributed by atoms with Crippen molar-refractivity contribution in [2.75, 3.05) is 0 Å². The van der Waals surface area contributed by atoms with Gasteiger partial charge in [-0.3, -0.25) is 4.79 Å². The predicted octanol–water partition coefficient (Wildman–Crippen LogP) is 3.48. The molecule has 0 bridgehead atoms. The SMILES string of the molecule is Cc1cc(C(=O)NC(C)c2nncn2C)sc1-c1ccc(F)cc1. The van der Waals surface area contributed by atoms with Gasteiger partial charge in [0.2, 0.25) is 0 Å². The van der Waals surface area contributed by atoms with Crippen molar-refractivity contribution in [3.63, 3.8) is 0 Å². The first-order chi connectivity index (χ1) is 11.5. The Hall–Kier alpha value is -2.54. The molecule has 0 aliphatic heterocycles. The molecule has 124 valence electrons. The molecule has 24 heavy (non-hydrogen) atoms. The van der Waals surface area contributed by atoms with Gasteiger partial charge in [-0.05, 0) is 43.2 Å². The summed E-state index contributed by atoms with van der Waals surface area (Å²) in [5, 5.41) is 10.8. The summed E-state index contributed by atoms with van der Waals surface area (Å²) in [6.45, 7) is 3.81. The normalized spacial score (nSPS) is 12.2. The Morgan fingerprint density at radius 3 is 2.67 bits per heavy atom. The number of carbonyl (C=O) groups excluding carboxylic acids is 1. The third-order valence-corrected chi connectivity index (χ3v) is 5.01. The van der Waals surface area contributed by atoms with Crippen LogP contribution in [-0.4, -0.2) is 20.7 Å². The maximum absolute atomic E-state index is 13.1. The summed E-state index contributed by atoms with van der Waals surface area (Å²) >= 11 is 1.39. The van der Waals surface area contributed by atoms with Gasteiger partial charge in [0.15, 0.2) is 5.82 Å². The molecule has 3 aromatic rings. The van der Waals surface area contributed by atoms with Crippen molar-refractivity contribution in [1.82, 2.24) is 20.1 Å². The minimum absolute atomic E-state index is 0.160. The van der Waals surface area contributed by atoms with Crippen molar-refractivity contribution in [3.8, 4) is 10.4 Å². The molecule has 1 amide bonds. The first-order valence-corrected chi connectivity index (χ1v) is 8.28. The van der Waals surface area contributed by atoms with Crippen molar-refractivity contribution < 1.29 is 9.18 Å². The van der Waals surface area contributed by atoms with Gasteiger partial charge in [-0.2, -0.15) is 0 Å². The molecule has 7 heteroatoms. The number of aryl methyl sites for hydroxylation is 2. The van der Waals surface area contributed by atoms with Crippen molar-refractivity contribution in [1.29, 1.82) is 0 Å². The Bertz CT molecular complexity index is 869. The van der Waals surface area contributed by atoms with E-state index in [1.165, 1.54) is 23.5 Å². The van der Waals surface area contributed by atoms with Crippen LogP contribution in [0.5, 0.6) is 0 Å². The van der Waals surface area contributed by atoms with Crippen LogP contribution in [0.15, 0.2) is 36.7 Å². The quantitative estimate of drug-likeness (QED) is 0.788. The van der Waals surface area contributed by atoms with Crippen molar-refractivity contribution in [2.45, 2.75) is 19.9 Å². The Balaban J connectivity index is 1.80. The highest BCUT2D eigenvalue weighted by Crippen LogP contribution is 2.32. The second kappa shape index (κ2) is 6.52. The molecule has 1 aromatic carbocycles. The fourth-order valence-electron chi connectivity index (χ4n) is 2.50. The number of benzene rings is 1. The summed E-state index contributed by atoms with van der Waals surface area (Å²) in [6.07, 6.45) is 1.60. The van der Waals surface area contributed by atoms with Gasteiger partial charge in [0.25, 0.3) is 5.91 Å². The largest absolute Gasteiger partial charge is 0.342 e. The predicted molar refractivity (Wildman–Crippen MR) is 91.3 cm³/mol. The zero-order valence-corrected chi connectivity index (χ0v) is 14.4. The topological polar surface area (TPSA) is 59.8 Å². The first kappa shape index (κ1) is 16.3. The Labute approximate surface area is 143 Å². The van der Waals surface area contributed by atoms with Crippen LogP contribution in [0.25, 0.3) is 10.4 Å². The minimum atomic E-state index is -0.275. The van der Waals surface area contributed by atoms with Gasteiger partial charge in [0, 0.05) is 11.9 Å². The van der Waals surface area contributed by atoms with Gasteiger partial charge in [-0.1, -0.05) is 12.1 Å². The third-order valence-electron chi connectivity index (χ3n) is 3.73. The van der Waals surface area contributed by atoms with E-state index in [9.17, 15) is 9.18 Å². The van der Waals surface area contributed by atoms with Gasteiger partial charge in [0.1, 0.15) is 12.1 Å². The first-order valence-electron chi connectivity index (χ1n) is 7.47. The number of halogens is 1. The maximum atomic E-state index is 13.1. The molecular weight excluding hydrogens is 327 g/mol. The molecule has 0 saturated heterocycles. The number of thiophene rings is 1. The Kier molecular flexibility index (Phi) is 4.44. The molecular formula is C17H17FN4OS. The molecule has 1 N–H and O–H groups in total. The van der Waals surface area contributed by atoms with Crippen LogP contribution in [0.4, 0.5) is 4.39 Å². The van der Waals surface area contributed by atoms with Gasteiger partial charge < -0.3 is 9.88 Å². The van der Waals surface area contributed by atoms with E-state index < -0.39 is 0 Å². The standard InChI is InChI=1S/C17H17FN4OS/c1-10-8-14(24-15(10)12-4-6-13(18)7-5-12)17(23)20-11(2)16-21-19-9-22(16)3/h4-9,11H,1-3H3,(H,20,23). The molecule has 2 heterocycles. The summed E-state index contributed by atoms with van der Waals surface area (Å²) < 4.78 is 14.8. The number of nitrogens with one attached hydrogen (secondary N) is 1. The van der Waals surface area contributed by atoms with E-state index in [1.807, 2.05) is 27.0 Å². The molecule has 0 spiro atoms. The van der Waals surface area contributed by atoms with Crippen LogP contribution < -0.4 is 5.32 Å². The molecule has 1 atom stereocenters. The van der Waals surface area contributed by atoms with Crippen LogP contribution in [0.1, 0.15) is 34.0 Å². The third kappa shape index (κ3) is 3.21. The maximum Gasteiger partial charge on any atom is 0.261 e. The minimum Gasteiger partial charge on any atom is -0.342 e. The lowest BCUT2D eigenvalue weighted by molar-refractivity contribution is 0.0942. The van der Waals surface area contributed by atoms with E-state index in [0.29, 0.717) is 10.7 Å². The highest BCUT2D eigenvalue weighted by atomic mass is 32.1. The molecule has 0 aliphatic rings. The van der Waals surface area contributed by atoms with Crippen LogP contribution in [0, 0.1) is 12.7 Å². The van der Waals surface area contributed by atoms with E-state index in [1.54, 1.807) is 23.0 Å². The van der Waals surface area contributed by atoms with Crippen LogP contribution in [-0.2, 0) is 7.05 Å². The van der Waals surface area contributed by atoms with Gasteiger partial charge >= 0.3 is 0 Å². The molecule has 2 aromatic heterocycles. The van der Waals surface area contributed by atoms with E-state index in [4.69, 9.17) is 0 Å². The lowest BCUT2D eigenvalue weighted by atomic mass is 10.1. The molecule has 0 saturated carbocycles. The smallest absolute Gasteiger partial charge is 0.261 e. The van der Waals surface area contributed by atoms with Crippen LogP contribution in [0.3, 0.4) is 0 Å². The summed E-state index contributed by atoms with van der Waals surface area (Å²) in [7, 11) is 1.83. The summed E-state index contributed by atoms with van der Waals surface area (Å²) in [6, 6.07) is 7.88. The average molecular weight is 344 g/mol. The molecule has 0 radical (unpaired) electrons. The Morgan fingerprint density at radius 1 is 1.33 bits per heavy atom. The Morgan fingerprint density at radius 2 is 2.04 bits per heavy atom. The molecule has 1 unspecified atom stereocenters. The number of hydrogen-bond donors (Lipinski definition) is 1. The second-order valence-corrected chi connectivity index (χ2v) is 6.68. The van der Waals surface area contributed by atoms with Crippen LogP contribution in [0.2, 0.25) is 0 Å². The van der Waals surface area contributed by atoms with E-state index >= 15 is 0 Å². The van der Waals surface area contributed by atoms with Gasteiger partial charge in [0.05, 0.1) is 10.9 Å². The monoisotopic (exact) mass is 344 g/mol. The molecule has 3 rings (SSSR count). The van der Waals surface area contributed by atoms with E-state index in [0.717, 1.165) is 16.0 Å². The number of hydrogen-bond acceptors (Lipinski definition) is 4. The fraction of sp³-hybridized carbons (Fsp3) is 0.235.